The molecule has 1 fully saturated rings. The second kappa shape index (κ2) is 10.5. The van der Waals surface area contributed by atoms with E-state index in [9.17, 15) is 23.1 Å². The zero-order valence-corrected chi connectivity index (χ0v) is 19.4. The molecular formula is C28H29F3N2O2. The van der Waals surface area contributed by atoms with Crippen LogP contribution in [-0.2, 0) is 18.0 Å². The van der Waals surface area contributed by atoms with Gasteiger partial charge >= 0.3 is 6.18 Å². The van der Waals surface area contributed by atoms with E-state index in [1.54, 1.807) is 24.3 Å². The summed E-state index contributed by atoms with van der Waals surface area (Å²) in [6.45, 7) is 2.48. The van der Waals surface area contributed by atoms with Crippen molar-refractivity contribution in [3.8, 4) is 5.75 Å². The summed E-state index contributed by atoms with van der Waals surface area (Å²) in [6.07, 6.45) is -2.44. The number of piperidine rings is 1. The topological polar surface area (TPSA) is 52.6 Å². The number of halogens is 3. The first-order chi connectivity index (χ1) is 16.8. The van der Waals surface area contributed by atoms with Crippen LogP contribution in [0.15, 0.2) is 78.9 Å². The lowest BCUT2D eigenvalue weighted by molar-refractivity contribution is -0.138. The van der Waals surface area contributed by atoms with E-state index >= 15 is 0 Å². The van der Waals surface area contributed by atoms with Crippen molar-refractivity contribution in [2.75, 3.05) is 26.2 Å². The minimum absolute atomic E-state index is 0.104. The van der Waals surface area contributed by atoms with Crippen molar-refractivity contribution in [1.82, 2.24) is 10.2 Å². The first-order valence-electron chi connectivity index (χ1n) is 11.8. The highest BCUT2D eigenvalue weighted by Gasteiger charge is 2.37. The molecular weight excluding hydrogens is 453 g/mol. The van der Waals surface area contributed by atoms with Crippen molar-refractivity contribution in [2.24, 2.45) is 0 Å². The van der Waals surface area contributed by atoms with Gasteiger partial charge in [-0.25, -0.2) is 0 Å². The number of carbonyl (C=O) groups is 1. The number of alkyl halides is 3. The van der Waals surface area contributed by atoms with Crippen LogP contribution in [-0.4, -0.2) is 42.1 Å². The third-order valence-corrected chi connectivity index (χ3v) is 6.94. The molecule has 1 amide bonds. The molecule has 4 nitrogen and oxygen atoms in total. The number of phenolic OH excluding ortho intramolecular Hbond substituents is 1. The maximum atomic E-state index is 13.3. The third-order valence-electron chi connectivity index (χ3n) is 6.94. The van der Waals surface area contributed by atoms with E-state index in [0.717, 1.165) is 37.6 Å². The smallest absolute Gasteiger partial charge is 0.416 e. The molecule has 1 aliphatic rings. The zero-order valence-electron chi connectivity index (χ0n) is 19.4. The fraction of sp³-hybridized carbons (Fsp3) is 0.321. The summed E-state index contributed by atoms with van der Waals surface area (Å²) in [5.74, 6) is -0.0981. The molecule has 184 valence electrons. The van der Waals surface area contributed by atoms with Crippen molar-refractivity contribution in [2.45, 2.75) is 30.9 Å². The monoisotopic (exact) mass is 482 g/mol. The molecule has 7 heteroatoms. The van der Waals surface area contributed by atoms with E-state index in [4.69, 9.17) is 0 Å². The Kier molecular flexibility index (Phi) is 7.45. The van der Waals surface area contributed by atoms with Crippen molar-refractivity contribution in [3.05, 3.63) is 101 Å². The van der Waals surface area contributed by atoms with Crippen LogP contribution in [0.3, 0.4) is 0 Å². The Morgan fingerprint density at radius 3 is 2.20 bits per heavy atom. The molecule has 0 spiro atoms. The average Bonchev–Trinajstić information content (AvgIpc) is 2.87. The standard InChI is InChI=1S/C28H29F3N2O2/c29-28(30,31)25-9-5-4-6-21(25)14-17-33-18-15-27(16-19-33,23-7-2-1-3-8-23)20-32-26(35)22-10-12-24(34)13-11-22/h1-13,34H,14-20H2,(H,32,35). The Labute approximate surface area is 203 Å². The molecule has 0 atom stereocenters. The van der Waals surface area contributed by atoms with Gasteiger partial charge in [0.25, 0.3) is 5.91 Å². The van der Waals surface area contributed by atoms with Gasteiger partial charge in [0, 0.05) is 24.1 Å². The van der Waals surface area contributed by atoms with Crippen molar-refractivity contribution in [3.63, 3.8) is 0 Å². The number of aromatic hydroxyl groups is 1. The molecule has 1 saturated heterocycles. The lowest BCUT2D eigenvalue weighted by Crippen LogP contribution is -2.49. The van der Waals surface area contributed by atoms with E-state index in [1.807, 2.05) is 18.2 Å². The van der Waals surface area contributed by atoms with Crippen LogP contribution in [0, 0.1) is 0 Å². The second-order valence-electron chi connectivity index (χ2n) is 9.12. The highest BCUT2D eigenvalue weighted by Crippen LogP contribution is 2.36. The molecule has 0 unspecified atom stereocenters. The summed E-state index contributed by atoms with van der Waals surface area (Å²) < 4.78 is 40.0. The number of nitrogens with zero attached hydrogens (tertiary/aromatic N) is 1. The molecule has 3 aromatic carbocycles. The number of phenols is 1. The molecule has 0 aromatic heterocycles. The first-order valence-corrected chi connectivity index (χ1v) is 11.8. The van der Waals surface area contributed by atoms with Crippen LogP contribution in [0.4, 0.5) is 13.2 Å². The Hall–Kier alpha value is -3.32. The SMILES string of the molecule is O=C(NCC1(c2ccccc2)CCN(CCc2ccccc2C(F)(F)F)CC1)c1ccc(O)cc1. The van der Waals surface area contributed by atoms with Gasteiger partial charge in [-0.2, -0.15) is 13.2 Å². The minimum atomic E-state index is -4.35. The summed E-state index contributed by atoms with van der Waals surface area (Å²) in [5, 5.41) is 12.5. The lowest BCUT2D eigenvalue weighted by atomic mass is 9.72. The number of likely N-dealkylation sites (tertiary alicyclic amines) is 1. The molecule has 1 aliphatic heterocycles. The number of hydrogen-bond acceptors (Lipinski definition) is 3. The highest BCUT2D eigenvalue weighted by atomic mass is 19.4. The average molecular weight is 483 g/mol. The van der Waals surface area contributed by atoms with Crippen LogP contribution in [0.2, 0.25) is 0 Å². The minimum Gasteiger partial charge on any atom is -0.508 e. The van der Waals surface area contributed by atoms with Crippen LogP contribution in [0.1, 0.15) is 39.9 Å². The van der Waals surface area contributed by atoms with Crippen LogP contribution < -0.4 is 5.32 Å². The van der Waals surface area contributed by atoms with Crippen LogP contribution in [0.25, 0.3) is 0 Å². The number of carbonyl (C=O) groups excluding carboxylic acids is 1. The largest absolute Gasteiger partial charge is 0.508 e. The predicted octanol–water partition coefficient (Wildman–Crippen LogP) is 5.42. The highest BCUT2D eigenvalue weighted by molar-refractivity contribution is 5.94. The molecule has 3 aromatic rings. The summed E-state index contributed by atoms with van der Waals surface area (Å²) in [7, 11) is 0. The molecule has 0 saturated carbocycles. The molecule has 0 radical (unpaired) electrons. The lowest BCUT2D eigenvalue weighted by Gasteiger charge is -2.42. The summed E-state index contributed by atoms with van der Waals surface area (Å²) >= 11 is 0. The van der Waals surface area contributed by atoms with Crippen molar-refractivity contribution in [1.29, 1.82) is 0 Å². The Morgan fingerprint density at radius 1 is 0.914 bits per heavy atom. The molecule has 1 heterocycles. The van der Waals surface area contributed by atoms with Gasteiger partial charge in [-0.1, -0.05) is 48.5 Å². The Bertz CT molecular complexity index is 1120. The molecule has 4 rings (SSSR count). The van der Waals surface area contributed by atoms with Crippen molar-refractivity contribution < 1.29 is 23.1 Å². The van der Waals surface area contributed by atoms with Gasteiger partial charge in [0.2, 0.25) is 0 Å². The van der Waals surface area contributed by atoms with Gasteiger partial charge in [0.05, 0.1) is 5.56 Å². The van der Waals surface area contributed by atoms with E-state index < -0.39 is 11.7 Å². The number of nitrogens with one attached hydrogen (secondary N) is 1. The maximum Gasteiger partial charge on any atom is 0.416 e. The number of amides is 1. The molecule has 0 bridgehead atoms. The van der Waals surface area contributed by atoms with Crippen molar-refractivity contribution >= 4 is 5.91 Å². The summed E-state index contributed by atoms with van der Waals surface area (Å²) in [5.41, 5.74) is 1.13. The van der Waals surface area contributed by atoms with E-state index in [0.29, 0.717) is 30.6 Å². The maximum absolute atomic E-state index is 13.3. The predicted molar refractivity (Wildman–Crippen MR) is 129 cm³/mol. The van der Waals surface area contributed by atoms with Crippen LogP contribution >= 0.6 is 0 Å². The summed E-state index contributed by atoms with van der Waals surface area (Å²) in [6, 6.07) is 22.0. The quantitative estimate of drug-likeness (QED) is 0.473. The third kappa shape index (κ3) is 6.03. The van der Waals surface area contributed by atoms with E-state index in [1.165, 1.54) is 18.2 Å². The van der Waals surface area contributed by atoms with Gasteiger partial charge in [-0.05, 0) is 73.8 Å². The van der Waals surface area contributed by atoms with Gasteiger partial charge in [0.15, 0.2) is 0 Å². The molecule has 35 heavy (non-hydrogen) atoms. The Balaban J connectivity index is 1.42. The second-order valence-corrected chi connectivity index (χ2v) is 9.12. The zero-order chi connectivity index (χ0) is 24.9. The van der Waals surface area contributed by atoms with E-state index in [-0.39, 0.29) is 17.1 Å². The molecule has 0 aliphatic carbocycles. The number of benzene rings is 3. The molecule has 2 N–H and O–H groups in total. The van der Waals surface area contributed by atoms with Gasteiger partial charge in [0.1, 0.15) is 5.75 Å². The van der Waals surface area contributed by atoms with Gasteiger partial charge in [-0.15, -0.1) is 0 Å². The van der Waals surface area contributed by atoms with Gasteiger partial charge in [-0.3, -0.25) is 4.79 Å². The van der Waals surface area contributed by atoms with E-state index in [2.05, 4.69) is 22.3 Å². The fourth-order valence-corrected chi connectivity index (χ4v) is 4.82. The number of hydrogen-bond donors (Lipinski definition) is 2. The first kappa shape index (κ1) is 24.8. The summed E-state index contributed by atoms with van der Waals surface area (Å²) in [4.78, 5) is 14.9. The Morgan fingerprint density at radius 2 is 1.54 bits per heavy atom. The van der Waals surface area contributed by atoms with Gasteiger partial charge < -0.3 is 15.3 Å². The normalized spacial score (nSPS) is 16.1. The fourth-order valence-electron chi connectivity index (χ4n) is 4.82. The number of rotatable bonds is 7. The van der Waals surface area contributed by atoms with Crippen LogP contribution in [0.5, 0.6) is 5.75 Å².